The summed E-state index contributed by atoms with van der Waals surface area (Å²) in [6, 6.07) is 6.16. The molecule has 3 nitrogen and oxygen atoms in total. The van der Waals surface area contributed by atoms with Crippen molar-refractivity contribution in [2.45, 2.75) is 0 Å². The zero-order valence-electron chi connectivity index (χ0n) is 7.05. The van der Waals surface area contributed by atoms with Gasteiger partial charge in [0, 0.05) is 5.56 Å². The highest BCUT2D eigenvalue weighted by molar-refractivity contribution is 7.89. The summed E-state index contributed by atoms with van der Waals surface area (Å²) >= 11 is 0. The summed E-state index contributed by atoms with van der Waals surface area (Å²) in [4.78, 5) is 10.3. The second-order valence-corrected chi connectivity index (χ2v) is 3.79. The van der Waals surface area contributed by atoms with Gasteiger partial charge >= 0.3 is 10.2 Å². The van der Waals surface area contributed by atoms with Gasteiger partial charge in [-0.1, -0.05) is 18.2 Å². The molecule has 0 radical (unpaired) electrons. The van der Waals surface area contributed by atoms with Crippen LogP contribution in [0, 0.1) is 0 Å². The second-order valence-electron chi connectivity index (χ2n) is 2.57. The molecule has 1 rings (SSSR count). The predicted molar refractivity (Wildman–Crippen MR) is 50.9 cm³/mol. The van der Waals surface area contributed by atoms with Crippen LogP contribution in [0.4, 0.5) is 3.89 Å². The Kier molecular flexibility index (Phi) is 3.14. The summed E-state index contributed by atoms with van der Waals surface area (Å²) in [5, 5.41) is 0.441. The van der Waals surface area contributed by atoms with E-state index in [2.05, 4.69) is 0 Å². The van der Waals surface area contributed by atoms with Gasteiger partial charge in [-0.2, -0.15) is 8.42 Å². The Morgan fingerprint density at radius 1 is 1.21 bits per heavy atom. The van der Waals surface area contributed by atoms with E-state index in [9.17, 15) is 17.1 Å². The Morgan fingerprint density at radius 2 is 1.86 bits per heavy atom. The van der Waals surface area contributed by atoms with E-state index >= 15 is 0 Å². The van der Waals surface area contributed by atoms with E-state index in [-0.39, 0.29) is 0 Å². The minimum absolute atomic E-state index is 0.406. The van der Waals surface area contributed by atoms with Crippen molar-refractivity contribution >= 4 is 22.6 Å². The van der Waals surface area contributed by atoms with Crippen LogP contribution in [-0.2, 0) is 10.2 Å². The van der Waals surface area contributed by atoms with Crippen LogP contribution < -0.4 is 0 Å². The number of rotatable bonds is 3. The summed E-state index contributed by atoms with van der Waals surface area (Å²) in [6.07, 6.45) is 1.71. The minimum atomic E-state index is -4.61. The van der Waals surface area contributed by atoms with E-state index in [0.717, 1.165) is 6.08 Å². The molecule has 0 aliphatic heterocycles. The molecule has 0 bridgehead atoms. The molecule has 74 valence electrons. The summed E-state index contributed by atoms with van der Waals surface area (Å²) in [5.41, 5.74) is 0.860. The van der Waals surface area contributed by atoms with Crippen molar-refractivity contribution in [1.29, 1.82) is 0 Å². The minimum Gasteiger partial charge on any atom is -0.298 e. The first-order valence-corrected chi connectivity index (χ1v) is 5.14. The van der Waals surface area contributed by atoms with Crippen molar-refractivity contribution in [3.63, 3.8) is 0 Å². The molecule has 0 heterocycles. The van der Waals surface area contributed by atoms with Crippen LogP contribution in [0.3, 0.4) is 0 Å². The first-order valence-electron chi connectivity index (χ1n) is 3.69. The molecule has 14 heavy (non-hydrogen) atoms. The topological polar surface area (TPSA) is 51.2 Å². The highest BCUT2D eigenvalue weighted by atomic mass is 32.3. The van der Waals surface area contributed by atoms with Gasteiger partial charge in [-0.05, 0) is 17.7 Å². The van der Waals surface area contributed by atoms with Gasteiger partial charge in [0.05, 0.1) is 5.41 Å². The Morgan fingerprint density at radius 3 is 2.43 bits per heavy atom. The number of carbonyl (C=O) groups is 1. The van der Waals surface area contributed by atoms with Gasteiger partial charge in [-0.15, -0.1) is 3.89 Å². The molecular formula is C9H7FO3S. The summed E-state index contributed by atoms with van der Waals surface area (Å²) in [7, 11) is -4.61. The Bertz CT molecular complexity index is 463. The van der Waals surface area contributed by atoms with Crippen LogP contribution in [-0.4, -0.2) is 14.7 Å². The number of benzene rings is 1. The van der Waals surface area contributed by atoms with E-state index in [1.807, 2.05) is 0 Å². The lowest BCUT2D eigenvalue weighted by atomic mass is 10.1. The van der Waals surface area contributed by atoms with Crippen molar-refractivity contribution in [1.82, 2.24) is 0 Å². The van der Waals surface area contributed by atoms with Gasteiger partial charge in [-0.25, -0.2) is 0 Å². The van der Waals surface area contributed by atoms with Gasteiger partial charge in [0.1, 0.15) is 6.29 Å². The number of aldehydes is 1. The van der Waals surface area contributed by atoms with Crippen molar-refractivity contribution in [3.05, 3.63) is 40.8 Å². The SMILES string of the molecule is O=Cc1cccc(C=CS(=O)(=O)F)c1. The van der Waals surface area contributed by atoms with Crippen LogP contribution in [0.2, 0.25) is 0 Å². The third kappa shape index (κ3) is 3.49. The highest BCUT2D eigenvalue weighted by Gasteiger charge is 1.98. The normalized spacial score (nSPS) is 11.8. The van der Waals surface area contributed by atoms with Crippen LogP contribution in [0.25, 0.3) is 6.08 Å². The van der Waals surface area contributed by atoms with Crippen molar-refractivity contribution < 1.29 is 17.1 Å². The maximum atomic E-state index is 12.1. The molecule has 0 unspecified atom stereocenters. The van der Waals surface area contributed by atoms with Crippen molar-refractivity contribution in [2.75, 3.05) is 0 Å². The number of carbonyl (C=O) groups excluding carboxylic acids is 1. The molecule has 0 saturated carbocycles. The quantitative estimate of drug-likeness (QED) is 0.569. The Labute approximate surface area is 81.1 Å². The molecule has 0 spiro atoms. The Balaban J connectivity index is 2.98. The zero-order chi connectivity index (χ0) is 10.6. The Hall–Kier alpha value is -1.49. The lowest BCUT2D eigenvalue weighted by molar-refractivity contribution is 0.112. The molecule has 0 aliphatic carbocycles. The van der Waals surface area contributed by atoms with Crippen LogP contribution in [0.1, 0.15) is 15.9 Å². The van der Waals surface area contributed by atoms with Gasteiger partial charge in [-0.3, -0.25) is 4.79 Å². The average molecular weight is 214 g/mol. The van der Waals surface area contributed by atoms with Gasteiger partial charge < -0.3 is 0 Å². The molecule has 1 aromatic carbocycles. The molecule has 0 N–H and O–H groups in total. The standard InChI is InChI=1S/C9H7FO3S/c10-14(12,13)5-4-8-2-1-3-9(6-8)7-11/h1-7H. The average Bonchev–Trinajstić information content (AvgIpc) is 2.14. The fraction of sp³-hybridized carbons (Fsp3) is 0. The predicted octanol–water partition coefficient (Wildman–Crippen LogP) is 1.77. The first kappa shape index (κ1) is 10.6. The first-order chi connectivity index (χ1) is 6.51. The highest BCUT2D eigenvalue weighted by Crippen LogP contribution is 2.07. The smallest absolute Gasteiger partial charge is 0.298 e. The molecule has 0 aromatic heterocycles. The maximum absolute atomic E-state index is 12.1. The van der Waals surface area contributed by atoms with Crippen molar-refractivity contribution in [3.8, 4) is 0 Å². The molecule has 0 aliphatic rings. The molecule has 0 saturated heterocycles. The molecular weight excluding hydrogens is 207 g/mol. The molecule has 5 heteroatoms. The largest absolute Gasteiger partial charge is 0.325 e. The lowest BCUT2D eigenvalue weighted by Gasteiger charge is -1.93. The van der Waals surface area contributed by atoms with Crippen LogP contribution in [0.15, 0.2) is 29.7 Å². The number of halogens is 1. The second kappa shape index (κ2) is 4.15. The van der Waals surface area contributed by atoms with E-state index in [4.69, 9.17) is 0 Å². The summed E-state index contributed by atoms with van der Waals surface area (Å²) < 4.78 is 32.3. The number of hydrogen-bond acceptors (Lipinski definition) is 3. The fourth-order valence-corrected chi connectivity index (χ4v) is 1.22. The molecule has 0 fully saturated rings. The van der Waals surface area contributed by atoms with Gasteiger partial charge in [0.15, 0.2) is 0 Å². The van der Waals surface area contributed by atoms with Gasteiger partial charge in [0.25, 0.3) is 0 Å². The van der Waals surface area contributed by atoms with E-state index in [0.29, 0.717) is 22.8 Å². The van der Waals surface area contributed by atoms with Gasteiger partial charge in [0.2, 0.25) is 0 Å². The number of hydrogen-bond donors (Lipinski definition) is 0. The van der Waals surface area contributed by atoms with Crippen LogP contribution >= 0.6 is 0 Å². The summed E-state index contributed by atoms with van der Waals surface area (Å²) in [5.74, 6) is 0. The zero-order valence-corrected chi connectivity index (χ0v) is 7.87. The maximum Gasteiger partial charge on any atom is 0.325 e. The molecule has 0 amide bonds. The lowest BCUT2D eigenvalue weighted by Crippen LogP contribution is -1.83. The fourth-order valence-electron chi connectivity index (χ4n) is 0.896. The molecule has 1 aromatic rings. The van der Waals surface area contributed by atoms with Crippen molar-refractivity contribution in [2.24, 2.45) is 0 Å². The van der Waals surface area contributed by atoms with E-state index in [1.165, 1.54) is 6.07 Å². The monoisotopic (exact) mass is 214 g/mol. The third-order valence-electron chi connectivity index (χ3n) is 1.47. The third-order valence-corrected chi connectivity index (χ3v) is 1.93. The van der Waals surface area contributed by atoms with E-state index < -0.39 is 10.2 Å². The van der Waals surface area contributed by atoms with E-state index in [1.54, 1.807) is 18.2 Å². The van der Waals surface area contributed by atoms with Crippen LogP contribution in [0.5, 0.6) is 0 Å². The molecule has 0 atom stereocenters. The summed E-state index contributed by atoms with van der Waals surface area (Å²) in [6.45, 7) is 0.